The molecule has 0 spiro atoms. The predicted octanol–water partition coefficient (Wildman–Crippen LogP) is 3.10. The Morgan fingerprint density at radius 2 is 1.55 bits per heavy atom. The van der Waals surface area contributed by atoms with Crippen LogP contribution in [0.3, 0.4) is 0 Å². The van der Waals surface area contributed by atoms with Gasteiger partial charge in [0.1, 0.15) is 5.75 Å². The lowest BCUT2D eigenvalue weighted by atomic mass is 9.89. The normalized spacial score (nSPS) is 27.4. The van der Waals surface area contributed by atoms with E-state index in [0.717, 1.165) is 18.8 Å². The Hall–Kier alpha value is -1.35. The van der Waals surface area contributed by atoms with Crippen LogP contribution in [0.15, 0.2) is 30.3 Å². The molecule has 20 heavy (non-hydrogen) atoms. The van der Waals surface area contributed by atoms with Gasteiger partial charge in [0.15, 0.2) is 0 Å². The first-order valence-corrected chi connectivity index (χ1v) is 7.80. The van der Waals surface area contributed by atoms with Crippen LogP contribution in [0.5, 0.6) is 5.75 Å². The van der Waals surface area contributed by atoms with Crippen LogP contribution in [0.4, 0.5) is 0 Å². The molecule has 3 heteroatoms. The minimum atomic E-state index is -0.0822. The van der Waals surface area contributed by atoms with E-state index in [1.54, 1.807) is 12.1 Å². The Kier molecular flexibility index (Phi) is 4.36. The highest BCUT2D eigenvalue weighted by Crippen LogP contribution is 2.30. The van der Waals surface area contributed by atoms with Crippen molar-refractivity contribution in [1.82, 2.24) is 4.90 Å². The van der Waals surface area contributed by atoms with Gasteiger partial charge in [0.25, 0.3) is 0 Å². The van der Waals surface area contributed by atoms with Crippen LogP contribution in [-0.2, 0) is 4.79 Å². The van der Waals surface area contributed by atoms with Gasteiger partial charge in [-0.25, -0.2) is 0 Å². The number of fused-ring (bicyclic) bond motifs is 3. The van der Waals surface area contributed by atoms with Crippen LogP contribution in [0, 0.1) is 11.8 Å². The summed E-state index contributed by atoms with van der Waals surface area (Å²) in [5.74, 6) is 1.85. The second-order valence-electron chi connectivity index (χ2n) is 6.08. The van der Waals surface area contributed by atoms with E-state index in [0.29, 0.717) is 5.75 Å². The van der Waals surface area contributed by atoms with Crippen molar-refractivity contribution in [1.29, 1.82) is 0 Å². The van der Waals surface area contributed by atoms with E-state index >= 15 is 0 Å². The van der Waals surface area contributed by atoms with Gasteiger partial charge < -0.3 is 9.64 Å². The summed E-state index contributed by atoms with van der Waals surface area (Å²) >= 11 is 0. The van der Waals surface area contributed by atoms with Crippen LogP contribution >= 0.6 is 0 Å². The minimum Gasteiger partial charge on any atom is -0.426 e. The number of hydrogen-bond acceptors (Lipinski definition) is 3. The van der Waals surface area contributed by atoms with Gasteiger partial charge in [0.05, 0.1) is 5.92 Å². The Bertz CT molecular complexity index is 411. The fourth-order valence-electron chi connectivity index (χ4n) is 2.87. The second kappa shape index (κ2) is 6.40. The molecule has 108 valence electrons. The SMILES string of the molecule is C1CN2CCC1CC2.O=C(Oc1ccccc1)C1CC1. The van der Waals surface area contributed by atoms with Gasteiger partial charge in [0, 0.05) is 0 Å². The van der Waals surface area contributed by atoms with Gasteiger partial charge in [-0.05, 0) is 69.8 Å². The van der Waals surface area contributed by atoms with E-state index < -0.39 is 0 Å². The van der Waals surface area contributed by atoms with Gasteiger partial charge in [-0.15, -0.1) is 0 Å². The van der Waals surface area contributed by atoms with E-state index in [9.17, 15) is 4.79 Å². The number of carbonyl (C=O) groups is 1. The molecule has 3 saturated heterocycles. The molecule has 1 aliphatic carbocycles. The van der Waals surface area contributed by atoms with Crippen LogP contribution in [0.1, 0.15) is 32.1 Å². The molecule has 0 N–H and O–H groups in total. The number of benzene rings is 1. The van der Waals surface area contributed by atoms with Crippen molar-refractivity contribution in [3.05, 3.63) is 30.3 Å². The highest BCUT2D eigenvalue weighted by Gasteiger charge is 2.31. The number of esters is 1. The van der Waals surface area contributed by atoms with Crippen LogP contribution in [0.2, 0.25) is 0 Å². The van der Waals surface area contributed by atoms with Gasteiger partial charge >= 0.3 is 5.97 Å². The minimum absolute atomic E-state index is 0.0822. The zero-order chi connectivity index (χ0) is 13.8. The number of carbonyl (C=O) groups excluding carboxylic acids is 1. The highest BCUT2D eigenvalue weighted by atomic mass is 16.5. The summed E-state index contributed by atoms with van der Waals surface area (Å²) in [5.41, 5.74) is 0. The highest BCUT2D eigenvalue weighted by molar-refractivity contribution is 5.77. The lowest BCUT2D eigenvalue weighted by Gasteiger charge is -2.38. The topological polar surface area (TPSA) is 29.5 Å². The first-order chi connectivity index (χ1) is 9.81. The first-order valence-electron chi connectivity index (χ1n) is 7.80. The monoisotopic (exact) mass is 273 g/mol. The molecular weight excluding hydrogens is 250 g/mol. The van der Waals surface area contributed by atoms with E-state index in [1.165, 1.54) is 38.9 Å². The molecule has 0 amide bonds. The van der Waals surface area contributed by atoms with E-state index in [-0.39, 0.29) is 11.9 Å². The molecule has 0 aromatic heterocycles. The summed E-state index contributed by atoms with van der Waals surface area (Å²) in [4.78, 5) is 13.7. The van der Waals surface area contributed by atoms with Crippen molar-refractivity contribution >= 4 is 5.97 Å². The van der Waals surface area contributed by atoms with Crippen molar-refractivity contribution in [3.8, 4) is 5.75 Å². The van der Waals surface area contributed by atoms with Crippen LogP contribution < -0.4 is 4.74 Å². The zero-order valence-electron chi connectivity index (χ0n) is 12.0. The fraction of sp³-hybridized carbons (Fsp3) is 0.588. The van der Waals surface area contributed by atoms with Gasteiger partial charge in [0.2, 0.25) is 0 Å². The molecule has 0 unspecified atom stereocenters. The Morgan fingerprint density at radius 1 is 0.950 bits per heavy atom. The molecule has 1 aromatic rings. The lowest BCUT2D eigenvalue weighted by Crippen LogP contribution is -2.41. The lowest BCUT2D eigenvalue weighted by molar-refractivity contribution is -0.135. The average Bonchev–Trinajstić information content (AvgIpc) is 3.36. The molecule has 3 nitrogen and oxygen atoms in total. The molecule has 4 fully saturated rings. The summed E-state index contributed by atoms with van der Waals surface area (Å²) < 4.78 is 5.10. The standard InChI is InChI=1S/C10H10O2.C7H13N/c11-10(8-6-7-8)12-9-4-2-1-3-5-9;1-4-8-5-2-7(1)3-6-8/h1-5,8H,6-7H2;7H,1-6H2. The quantitative estimate of drug-likeness (QED) is 0.612. The van der Waals surface area contributed by atoms with E-state index in [1.807, 2.05) is 18.2 Å². The van der Waals surface area contributed by atoms with Gasteiger partial charge in [-0.1, -0.05) is 18.2 Å². The molecule has 3 heterocycles. The van der Waals surface area contributed by atoms with Crippen LogP contribution in [0.25, 0.3) is 0 Å². The number of para-hydroxylation sites is 1. The molecule has 2 bridgehead atoms. The Balaban J connectivity index is 0.000000131. The number of nitrogens with zero attached hydrogens (tertiary/aromatic N) is 1. The molecule has 3 aliphatic heterocycles. The molecule has 1 saturated carbocycles. The summed E-state index contributed by atoms with van der Waals surface area (Å²) in [6.07, 6.45) is 6.44. The second-order valence-corrected chi connectivity index (χ2v) is 6.08. The predicted molar refractivity (Wildman–Crippen MR) is 78.6 cm³/mol. The molecule has 5 rings (SSSR count). The summed E-state index contributed by atoms with van der Waals surface area (Å²) in [6.45, 7) is 4.18. The molecular formula is C17H23NO2. The van der Waals surface area contributed by atoms with E-state index in [4.69, 9.17) is 4.74 Å². The number of piperidine rings is 3. The van der Waals surface area contributed by atoms with Crippen molar-refractivity contribution in [2.24, 2.45) is 11.8 Å². The molecule has 1 aromatic carbocycles. The summed E-state index contributed by atoms with van der Waals surface area (Å²) in [7, 11) is 0. The maximum absolute atomic E-state index is 11.2. The molecule has 4 aliphatic rings. The largest absolute Gasteiger partial charge is 0.426 e. The summed E-state index contributed by atoms with van der Waals surface area (Å²) in [6, 6.07) is 9.19. The molecule has 0 radical (unpaired) electrons. The zero-order valence-corrected chi connectivity index (χ0v) is 12.0. The smallest absolute Gasteiger partial charge is 0.314 e. The Morgan fingerprint density at radius 3 is 1.95 bits per heavy atom. The number of hydrogen-bond donors (Lipinski definition) is 0. The van der Waals surface area contributed by atoms with Crippen LogP contribution in [-0.4, -0.2) is 30.5 Å². The van der Waals surface area contributed by atoms with Crippen molar-refractivity contribution < 1.29 is 9.53 Å². The van der Waals surface area contributed by atoms with Crippen molar-refractivity contribution in [2.75, 3.05) is 19.6 Å². The third-order valence-corrected chi connectivity index (χ3v) is 4.43. The van der Waals surface area contributed by atoms with Crippen molar-refractivity contribution in [3.63, 3.8) is 0 Å². The third kappa shape index (κ3) is 3.83. The maximum atomic E-state index is 11.2. The third-order valence-electron chi connectivity index (χ3n) is 4.43. The number of ether oxygens (including phenoxy) is 1. The van der Waals surface area contributed by atoms with E-state index in [2.05, 4.69) is 4.90 Å². The molecule has 0 atom stereocenters. The van der Waals surface area contributed by atoms with Gasteiger partial charge in [-0.2, -0.15) is 0 Å². The number of rotatable bonds is 2. The maximum Gasteiger partial charge on any atom is 0.314 e. The average molecular weight is 273 g/mol. The first kappa shape index (κ1) is 13.6. The summed E-state index contributed by atoms with van der Waals surface area (Å²) in [5, 5.41) is 0. The van der Waals surface area contributed by atoms with Gasteiger partial charge in [-0.3, -0.25) is 4.79 Å². The fourth-order valence-corrected chi connectivity index (χ4v) is 2.87. The Labute approximate surface area is 120 Å². The van der Waals surface area contributed by atoms with Crippen molar-refractivity contribution in [2.45, 2.75) is 32.1 Å².